The molecule has 8 heteroatoms. The van der Waals surface area contributed by atoms with Crippen molar-refractivity contribution in [1.82, 2.24) is 0 Å². The summed E-state index contributed by atoms with van der Waals surface area (Å²) in [5.41, 5.74) is 1.97. The van der Waals surface area contributed by atoms with Crippen LogP contribution in [-0.4, -0.2) is 69.6 Å². The minimum Gasteiger partial charge on any atom is -0.373 e. The summed E-state index contributed by atoms with van der Waals surface area (Å²) in [5, 5.41) is 0. The Morgan fingerprint density at radius 1 is 0.750 bits per heavy atom. The van der Waals surface area contributed by atoms with Crippen molar-refractivity contribution >= 4 is 7.82 Å². The van der Waals surface area contributed by atoms with Crippen LogP contribution in [0.2, 0.25) is 0 Å². The molecule has 7 nitrogen and oxygen atoms in total. The number of phosphoric acid groups is 1. The normalized spacial score (nSPS) is 14.5. The van der Waals surface area contributed by atoms with E-state index >= 15 is 0 Å². The zero-order valence-corrected chi connectivity index (χ0v) is 25.2. The monoisotopic (exact) mass is 570 g/mol. The van der Waals surface area contributed by atoms with E-state index in [9.17, 15) is 9.46 Å². The standard InChI is InChI=1S/C32H44NO6P/c1-5-6-16-24-36-31(27-39-40(34,35)38-25-23-33(2,3)4)26-37-32(28-17-10-7-11-18-28,29-19-12-8-13-20-29)30-21-14-9-15-22-30/h7-15,17-22,31H,5-6,16,23-27H2,1-4H3/p+1/t31-/m1/s1. The van der Waals surface area contributed by atoms with Crippen LogP contribution in [0, 0.1) is 0 Å². The van der Waals surface area contributed by atoms with Gasteiger partial charge in [0.15, 0.2) is 0 Å². The molecule has 3 aromatic rings. The predicted octanol–water partition coefficient (Wildman–Crippen LogP) is 6.41. The molecule has 3 aromatic carbocycles. The lowest BCUT2D eigenvalue weighted by molar-refractivity contribution is -0.870. The zero-order valence-electron chi connectivity index (χ0n) is 24.3. The molecule has 0 radical (unpaired) electrons. The SMILES string of the molecule is CCCCCO[C@H](COC(c1ccccc1)(c1ccccc1)c1ccccc1)COP(=O)(O)OCC[N+](C)(C)C. The van der Waals surface area contributed by atoms with Crippen LogP contribution in [-0.2, 0) is 28.7 Å². The second-order valence-electron chi connectivity index (χ2n) is 10.9. The van der Waals surface area contributed by atoms with E-state index in [1.807, 2.05) is 75.7 Å². The maximum Gasteiger partial charge on any atom is 0.472 e. The molecule has 0 heterocycles. The van der Waals surface area contributed by atoms with E-state index in [-0.39, 0.29) is 19.8 Å². The van der Waals surface area contributed by atoms with E-state index in [1.54, 1.807) is 0 Å². The van der Waals surface area contributed by atoms with Crippen LogP contribution in [0.5, 0.6) is 0 Å². The van der Waals surface area contributed by atoms with Gasteiger partial charge in [-0.1, -0.05) is 111 Å². The van der Waals surface area contributed by atoms with Crippen LogP contribution >= 0.6 is 7.82 Å². The summed E-state index contributed by atoms with van der Waals surface area (Å²) in [6.45, 7) is 3.30. The fourth-order valence-corrected chi connectivity index (χ4v) is 5.12. The highest BCUT2D eigenvalue weighted by atomic mass is 31.2. The third-order valence-electron chi connectivity index (χ3n) is 6.57. The highest BCUT2D eigenvalue weighted by Crippen LogP contribution is 2.44. The lowest BCUT2D eigenvalue weighted by atomic mass is 9.80. The Hall–Kier alpha value is -2.35. The lowest BCUT2D eigenvalue weighted by Crippen LogP contribution is -2.38. The molecule has 0 bridgehead atoms. The molecule has 2 atom stereocenters. The van der Waals surface area contributed by atoms with E-state index < -0.39 is 19.5 Å². The summed E-state index contributed by atoms with van der Waals surface area (Å²) >= 11 is 0. The number of unbranched alkanes of at least 4 members (excludes halogenated alkanes) is 2. The van der Waals surface area contributed by atoms with Crippen molar-refractivity contribution in [3.05, 3.63) is 108 Å². The molecule has 1 unspecified atom stereocenters. The van der Waals surface area contributed by atoms with E-state index in [0.717, 1.165) is 36.0 Å². The Kier molecular flexibility index (Phi) is 12.5. The minimum atomic E-state index is -4.26. The van der Waals surface area contributed by atoms with Crippen molar-refractivity contribution in [2.45, 2.75) is 37.9 Å². The third-order valence-corrected chi connectivity index (χ3v) is 7.55. The Morgan fingerprint density at radius 3 is 1.70 bits per heavy atom. The van der Waals surface area contributed by atoms with Crippen molar-refractivity contribution in [1.29, 1.82) is 0 Å². The molecule has 0 saturated heterocycles. The first-order valence-corrected chi connectivity index (χ1v) is 15.5. The van der Waals surface area contributed by atoms with Crippen LogP contribution < -0.4 is 0 Å². The van der Waals surface area contributed by atoms with Crippen LogP contribution in [0.3, 0.4) is 0 Å². The second kappa shape index (κ2) is 15.6. The van der Waals surface area contributed by atoms with Crippen LogP contribution in [0.4, 0.5) is 0 Å². The van der Waals surface area contributed by atoms with Crippen molar-refractivity contribution < 1.29 is 32.5 Å². The van der Waals surface area contributed by atoms with E-state index in [2.05, 4.69) is 43.3 Å². The Morgan fingerprint density at radius 2 is 1.25 bits per heavy atom. The third kappa shape index (κ3) is 9.93. The summed E-state index contributed by atoms with van der Waals surface area (Å²) in [4.78, 5) is 10.3. The Labute approximate surface area is 239 Å². The van der Waals surface area contributed by atoms with Gasteiger partial charge in [-0.3, -0.25) is 9.05 Å². The fraction of sp³-hybridized carbons (Fsp3) is 0.438. The van der Waals surface area contributed by atoms with Gasteiger partial charge in [-0.25, -0.2) is 4.57 Å². The molecule has 0 saturated carbocycles. The number of benzene rings is 3. The largest absolute Gasteiger partial charge is 0.472 e. The van der Waals surface area contributed by atoms with Gasteiger partial charge in [0.25, 0.3) is 0 Å². The van der Waals surface area contributed by atoms with Gasteiger partial charge in [-0.05, 0) is 23.1 Å². The van der Waals surface area contributed by atoms with Crippen molar-refractivity contribution in [3.8, 4) is 0 Å². The van der Waals surface area contributed by atoms with Crippen molar-refractivity contribution in [3.63, 3.8) is 0 Å². The van der Waals surface area contributed by atoms with Gasteiger partial charge < -0.3 is 18.9 Å². The van der Waals surface area contributed by atoms with Crippen LogP contribution in [0.15, 0.2) is 91.0 Å². The molecular formula is C32H45NO6P+. The van der Waals surface area contributed by atoms with Gasteiger partial charge in [-0.2, -0.15) is 0 Å². The quantitative estimate of drug-likeness (QED) is 0.0825. The molecule has 0 aliphatic carbocycles. The first kappa shape index (κ1) is 32.2. The van der Waals surface area contributed by atoms with Gasteiger partial charge in [-0.15, -0.1) is 0 Å². The van der Waals surface area contributed by atoms with Crippen molar-refractivity contribution in [2.24, 2.45) is 0 Å². The molecular weight excluding hydrogens is 525 g/mol. The Bertz CT molecular complexity index is 1060. The predicted molar refractivity (Wildman–Crippen MR) is 159 cm³/mol. The van der Waals surface area contributed by atoms with Crippen molar-refractivity contribution in [2.75, 3.05) is 54.1 Å². The van der Waals surface area contributed by atoms with E-state index in [1.165, 1.54) is 0 Å². The molecule has 0 aliphatic heterocycles. The fourth-order valence-electron chi connectivity index (χ4n) is 4.38. The maximum atomic E-state index is 12.7. The first-order chi connectivity index (χ1) is 19.2. The highest BCUT2D eigenvalue weighted by Gasteiger charge is 2.38. The number of quaternary nitrogens is 1. The molecule has 0 aliphatic rings. The average Bonchev–Trinajstić information content (AvgIpc) is 2.95. The van der Waals surface area contributed by atoms with Gasteiger partial charge in [0.2, 0.25) is 0 Å². The van der Waals surface area contributed by atoms with Gasteiger partial charge in [0.05, 0.1) is 34.4 Å². The average molecular weight is 571 g/mol. The zero-order chi connectivity index (χ0) is 28.9. The smallest absolute Gasteiger partial charge is 0.373 e. The van der Waals surface area contributed by atoms with Gasteiger partial charge in [0, 0.05) is 6.61 Å². The number of nitrogens with zero attached hydrogens (tertiary/aromatic N) is 1. The van der Waals surface area contributed by atoms with Gasteiger partial charge >= 0.3 is 7.82 Å². The molecule has 40 heavy (non-hydrogen) atoms. The number of hydrogen-bond donors (Lipinski definition) is 1. The summed E-state index contributed by atoms with van der Waals surface area (Å²) in [5.74, 6) is 0. The molecule has 0 spiro atoms. The summed E-state index contributed by atoms with van der Waals surface area (Å²) in [6, 6.07) is 30.2. The Balaban J connectivity index is 1.87. The minimum absolute atomic E-state index is 0.106. The number of likely N-dealkylation sites (N-methyl/N-ethyl adjacent to an activating group) is 1. The summed E-state index contributed by atoms with van der Waals surface area (Å²) in [6.07, 6.45) is 2.38. The highest BCUT2D eigenvalue weighted by molar-refractivity contribution is 7.47. The molecule has 1 N–H and O–H groups in total. The molecule has 0 amide bonds. The number of phosphoric ester groups is 1. The molecule has 3 rings (SSSR count). The van der Waals surface area contributed by atoms with E-state index in [0.29, 0.717) is 17.6 Å². The lowest BCUT2D eigenvalue weighted by Gasteiger charge is -2.37. The van der Waals surface area contributed by atoms with Gasteiger partial charge in [0.1, 0.15) is 24.9 Å². The number of hydrogen-bond acceptors (Lipinski definition) is 5. The number of rotatable bonds is 18. The van der Waals surface area contributed by atoms with Crippen LogP contribution in [0.25, 0.3) is 0 Å². The maximum absolute atomic E-state index is 12.7. The van der Waals surface area contributed by atoms with Crippen LogP contribution in [0.1, 0.15) is 42.9 Å². The topological polar surface area (TPSA) is 74.2 Å². The molecule has 218 valence electrons. The number of ether oxygens (including phenoxy) is 2. The first-order valence-electron chi connectivity index (χ1n) is 14.0. The summed E-state index contributed by atoms with van der Waals surface area (Å²) < 4.78 is 37.0. The van der Waals surface area contributed by atoms with E-state index in [4.69, 9.17) is 18.5 Å². The molecule has 0 aromatic heterocycles. The molecule has 0 fully saturated rings. The summed E-state index contributed by atoms with van der Waals surface area (Å²) in [7, 11) is 1.70. The second-order valence-corrected chi connectivity index (χ2v) is 12.4.